The Bertz CT molecular complexity index is 2910. The minimum absolute atomic E-state index is 0.420. The van der Waals surface area contributed by atoms with Crippen molar-refractivity contribution in [1.82, 2.24) is 0 Å². The molecule has 11 rings (SSSR count). The molecule has 9 aromatic rings. The van der Waals surface area contributed by atoms with E-state index >= 15 is 0 Å². The van der Waals surface area contributed by atoms with E-state index in [0.29, 0.717) is 0 Å². The zero-order valence-corrected chi connectivity index (χ0v) is 36.4. The van der Waals surface area contributed by atoms with Crippen LogP contribution >= 0.6 is 56.7 Å². The summed E-state index contributed by atoms with van der Waals surface area (Å²) in [7, 11) is 0. The lowest BCUT2D eigenvalue weighted by atomic mass is 9.66. The van der Waals surface area contributed by atoms with Gasteiger partial charge in [-0.1, -0.05) is 117 Å². The fourth-order valence-corrected chi connectivity index (χ4v) is 17.4. The van der Waals surface area contributed by atoms with Crippen LogP contribution in [0.5, 0.6) is 0 Å². The van der Waals surface area contributed by atoms with E-state index in [9.17, 15) is 0 Å². The lowest BCUT2D eigenvalue weighted by Gasteiger charge is -2.35. The Hall–Kier alpha value is -4.10. The number of fused-ring (bicyclic) bond motifs is 11. The molecule has 5 aromatic heterocycles. The molecule has 0 saturated carbocycles. The molecule has 270 valence electrons. The van der Waals surface area contributed by atoms with Crippen LogP contribution in [0.1, 0.15) is 89.0 Å². The first kappa shape index (κ1) is 34.2. The van der Waals surface area contributed by atoms with Gasteiger partial charge in [0.1, 0.15) is 0 Å². The van der Waals surface area contributed by atoms with Crippen LogP contribution in [0.2, 0.25) is 0 Å². The number of hydrogen-bond donors (Lipinski definition) is 0. The summed E-state index contributed by atoms with van der Waals surface area (Å²) in [5.41, 5.74) is 21.2. The van der Waals surface area contributed by atoms with E-state index in [1.807, 2.05) is 34.0 Å². The first-order chi connectivity index (χ1) is 26.5. The third kappa shape index (κ3) is 4.48. The Kier molecular flexibility index (Phi) is 7.28. The molecule has 0 amide bonds. The zero-order chi connectivity index (χ0) is 37.7. The van der Waals surface area contributed by atoms with Crippen molar-refractivity contribution in [3.8, 4) is 19.5 Å². The molecule has 0 saturated heterocycles. The van der Waals surface area contributed by atoms with Crippen LogP contribution in [0, 0.1) is 55.4 Å². The first-order valence-electron chi connectivity index (χ1n) is 19.0. The summed E-state index contributed by atoms with van der Waals surface area (Å²) in [6.45, 7) is 18.2. The minimum atomic E-state index is -0.445. The van der Waals surface area contributed by atoms with Crippen molar-refractivity contribution >= 4 is 75.5 Å². The molecule has 0 atom stereocenters. The van der Waals surface area contributed by atoms with Gasteiger partial charge in [0.15, 0.2) is 0 Å². The van der Waals surface area contributed by atoms with Crippen molar-refractivity contribution in [2.24, 2.45) is 0 Å². The Morgan fingerprint density at radius 3 is 1.18 bits per heavy atom. The monoisotopic (exact) mass is 800 g/mol. The van der Waals surface area contributed by atoms with Gasteiger partial charge in [-0.05, 0) is 106 Å². The molecular weight excluding hydrogens is 761 g/mol. The molecule has 0 fully saturated rings. The van der Waals surface area contributed by atoms with E-state index in [2.05, 4.69) is 174 Å². The molecule has 55 heavy (non-hydrogen) atoms. The summed E-state index contributed by atoms with van der Waals surface area (Å²) < 4.78 is 5.78. The fraction of sp³-hybridized carbons (Fsp3) is 0.200. The molecule has 0 N–H and O–H groups in total. The van der Waals surface area contributed by atoms with Gasteiger partial charge in [0.05, 0.1) is 39.6 Å². The molecule has 4 aromatic carbocycles. The summed E-state index contributed by atoms with van der Waals surface area (Å²) >= 11 is 10.0. The summed E-state index contributed by atoms with van der Waals surface area (Å²) in [5, 5.41) is 4.64. The normalized spacial score (nSPS) is 14.8. The van der Waals surface area contributed by atoms with Crippen molar-refractivity contribution in [3.05, 3.63) is 185 Å². The van der Waals surface area contributed by atoms with Gasteiger partial charge in [-0.15, -0.1) is 56.7 Å². The minimum Gasteiger partial charge on any atom is -0.143 e. The van der Waals surface area contributed by atoms with Crippen LogP contribution in [0.3, 0.4) is 0 Å². The number of aryl methyl sites for hydroxylation is 8. The van der Waals surface area contributed by atoms with Gasteiger partial charge in [0.25, 0.3) is 0 Å². The average Bonchev–Trinajstić information content (AvgIpc) is 3.94. The Labute approximate surface area is 343 Å². The predicted octanol–water partition coefficient (Wildman–Crippen LogP) is 15.5. The van der Waals surface area contributed by atoms with Crippen LogP contribution in [0.4, 0.5) is 0 Å². The van der Waals surface area contributed by atoms with E-state index in [0.717, 1.165) is 0 Å². The summed E-state index contributed by atoms with van der Waals surface area (Å²) in [4.78, 5) is 5.83. The second kappa shape index (κ2) is 11.7. The Morgan fingerprint density at radius 1 is 0.345 bits per heavy atom. The van der Waals surface area contributed by atoms with Crippen molar-refractivity contribution in [3.63, 3.8) is 0 Å². The molecule has 5 heterocycles. The molecule has 0 bridgehead atoms. The molecule has 5 heteroatoms. The van der Waals surface area contributed by atoms with Gasteiger partial charge in [0, 0.05) is 26.3 Å². The molecular formula is C50H40S5. The smallest absolute Gasteiger partial charge is 0.0759 e. The summed E-state index contributed by atoms with van der Waals surface area (Å²) in [6, 6.07) is 34.0. The third-order valence-electron chi connectivity index (χ3n) is 12.0. The maximum absolute atomic E-state index is 2.50. The lowest BCUT2D eigenvalue weighted by Crippen LogP contribution is -2.29. The van der Waals surface area contributed by atoms with Crippen LogP contribution in [-0.4, -0.2) is 0 Å². The van der Waals surface area contributed by atoms with Crippen molar-refractivity contribution in [2.75, 3.05) is 0 Å². The van der Waals surface area contributed by atoms with Gasteiger partial charge < -0.3 is 0 Å². The number of hydrogen-bond acceptors (Lipinski definition) is 5. The zero-order valence-electron chi connectivity index (χ0n) is 32.3. The topological polar surface area (TPSA) is 0 Å². The quantitative estimate of drug-likeness (QED) is 0.166. The van der Waals surface area contributed by atoms with Gasteiger partial charge in [-0.2, -0.15) is 0 Å². The second-order valence-electron chi connectivity index (χ2n) is 16.4. The second-order valence-corrected chi connectivity index (χ2v) is 21.3. The maximum atomic E-state index is 2.50. The van der Waals surface area contributed by atoms with Crippen LogP contribution in [-0.2, 0) is 10.8 Å². The Morgan fingerprint density at radius 2 is 0.709 bits per heavy atom. The molecule has 0 radical (unpaired) electrons. The van der Waals surface area contributed by atoms with Crippen molar-refractivity contribution < 1.29 is 0 Å². The van der Waals surface area contributed by atoms with Gasteiger partial charge in [-0.3, -0.25) is 0 Å². The van der Waals surface area contributed by atoms with Gasteiger partial charge in [-0.25, -0.2) is 0 Å². The summed E-state index contributed by atoms with van der Waals surface area (Å²) in [6.07, 6.45) is 0. The molecule has 2 aliphatic rings. The fourth-order valence-electron chi connectivity index (χ4n) is 10.6. The molecule has 0 unspecified atom stereocenters. The largest absolute Gasteiger partial charge is 0.143 e. The standard InChI is InChI=1S/C50H40S5/c1-25-13-26(2)18-33(17-25)49(34-19-27(3)14-28(4)20-34)37-9-11-51-42(37)44-40(49)46-48(54-44)41-47(55-46)45-39(43-38(53-45)10-12-52-43)50(41,35-21-29(5)15-30(6)22-35)36-23-31(7)16-32(8)24-36/h9-24H,1-8H3. The van der Waals surface area contributed by atoms with E-state index in [-0.39, 0.29) is 0 Å². The number of benzene rings is 4. The van der Waals surface area contributed by atoms with Crippen molar-refractivity contribution in [2.45, 2.75) is 66.2 Å². The SMILES string of the molecule is Cc1cc(C)cc(C2(c3cc(C)cc(C)c3)c3ccsc3-c3sc4c5c(sc4c32)-c2sc3ccsc3c2C5(c2cc(C)cc(C)c2)c2cc(C)cc(C)c2)c1. The van der Waals surface area contributed by atoms with Gasteiger partial charge >= 0.3 is 0 Å². The maximum Gasteiger partial charge on any atom is 0.0759 e. The molecule has 0 nitrogen and oxygen atoms in total. The van der Waals surface area contributed by atoms with Gasteiger partial charge in [0.2, 0.25) is 0 Å². The average molecular weight is 801 g/mol. The highest BCUT2D eigenvalue weighted by molar-refractivity contribution is 7.36. The number of thiophene rings is 5. The van der Waals surface area contributed by atoms with Crippen LogP contribution in [0.25, 0.3) is 38.3 Å². The third-order valence-corrected chi connectivity index (χ3v) is 18.0. The Balaban J connectivity index is 1.35. The van der Waals surface area contributed by atoms with E-state index < -0.39 is 10.8 Å². The molecule has 0 spiro atoms. The highest BCUT2D eigenvalue weighted by Crippen LogP contribution is 2.71. The highest BCUT2D eigenvalue weighted by atomic mass is 32.1. The first-order valence-corrected chi connectivity index (χ1v) is 23.2. The number of rotatable bonds is 4. The molecule has 2 aliphatic carbocycles. The van der Waals surface area contributed by atoms with E-state index in [1.165, 1.54) is 127 Å². The van der Waals surface area contributed by atoms with Crippen molar-refractivity contribution in [1.29, 1.82) is 0 Å². The van der Waals surface area contributed by atoms with Crippen LogP contribution in [0.15, 0.2) is 95.7 Å². The lowest BCUT2D eigenvalue weighted by molar-refractivity contribution is 0.773. The summed E-state index contributed by atoms with van der Waals surface area (Å²) in [5.74, 6) is 0. The van der Waals surface area contributed by atoms with E-state index in [4.69, 9.17) is 0 Å². The highest BCUT2D eigenvalue weighted by Gasteiger charge is 2.55. The predicted molar refractivity (Wildman–Crippen MR) is 243 cm³/mol. The molecule has 0 aliphatic heterocycles. The van der Waals surface area contributed by atoms with Crippen LogP contribution < -0.4 is 0 Å². The van der Waals surface area contributed by atoms with E-state index in [1.54, 1.807) is 0 Å².